The van der Waals surface area contributed by atoms with Gasteiger partial charge in [0, 0.05) is 6.54 Å². The first-order valence-electron chi connectivity index (χ1n) is 2.55. The smallest absolute Gasteiger partial charge is 0.138 e. The van der Waals surface area contributed by atoms with Gasteiger partial charge in [-0.15, -0.1) is 0 Å². The average Bonchev–Trinajstić information content (AvgIpc) is 2.14. The molecule has 1 aliphatic rings. The predicted molar refractivity (Wildman–Crippen MR) is 26.1 cm³/mol. The van der Waals surface area contributed by atoms with Crippen molar-refractivity contribution in [1.82, 2.24) is 5.32 Å². The molecular formula is C5H8NO. The molecule has 1 fully saturated rings. The number of nitrogens with zero attached hydrogens (tertiary/aromatic N) is 1. The van der Waals surface area contributed by atoms with E-state index in [4.69, 9.17) is 0 Å². The Morgan fingerprint density at radius 3 is 2.86 bits per heavy atom. The summed E-state index contributed by atoms with van der Waals surface area (Å²) in [4.78, 5) is 9.91. The lowest BCUT2D eigenvalue weighted by Crippen LogP contribution is -2.14. The van der Waals surface area contributed by atoms with Crippen molar-refractivity contribution >= 4 is 6.29 Å². The molecule has 1 rings (SSSR count). The quantitative estimate of drug-likeness (QED) is 0.423. The van der Waals surface area contributed by atoms with Crippen LogP contribution < -0.4 is 5.32 Å². The van der Waals surface area contributed by atoms with Gasteiger partial charge in [-0.2, -0.15) is 0 Å². The lowest BCUT2D eigenvalue weighted by atomic mass is 10.2. The molecule has 0 bridgehead atoms. The Morgan fingerprint density at radius 1 is 1.71 bits per heavy atom. The summed E-state index contributed by atoms with van der Waals surface area (Å²) >= 11 is 0. The van der Waals surface area contributed by atoms with Crippen LogP contribution in [0.25, 0.3) is 0 Å². The molecule has 2 nitrogen and oxygen atoms in total. The maximum absolute atomic E-state index is 9.91. The van der Waals surface area contributed by atoms with Crippen LogP contribution >= 0.6 is 0 Å². The third-order valence-electron chi connectivity index (χ3n) is 1.18. The van der Waals surface area contributed by atoms with E-state index in [1.54, 1.807) is 0 Å². The first-order valence-corrected chi connectivity index (χ1v) is 2.55. The molecule has 0 spiro atoms. The second-order valence-corrected chi connectivity index (χ2v) is 1.75. The highest BCUT2D eigenvalue weighted by atomic mass is 16.1. The molecule has 1 unspecified atom stereocenters. The van der Waals surface area contributed by atoms with Crippen molar-refractivity contribution in [2.45, 2.75) is 18.9 Å². The summed E-state index contributed by atoms with van der Waals surface area (Å²) in [5.74, 6) is 0. The molecule has 0 aromatic rings. The van der Waals surface area contributed by atoms with E-state index < -0.39 is 0 Å². The molecule has 0 aromatic carbocycles. The van der Waals surface area contributed by atoms with E-state index in [1.807, 2.05) is 0 Å². The molecule has 39 valence electrons. The number of carbonyl (C=O) groups excluding carboxylic acids is 1. The maximum Gasteiger partial charge on any atom is 0.138 e. The topological polar surface area (TPSA) is 31.2 Å². The van der Waals surface area contributed by atoms with Gasteiger partial charge in [-0.3, -0.25) is 0 Å². The van der Waals surface area contributed by atoms with Crippen LogP contribution in [0.5, 0.6) is 0 Å². The van der Waals surface area contributed by atoms with Gasteiger partial charge >= 0.3 is 0 Å². The molecule has 2 heteroatoms. The van der Waals surface area contributed by atoms with Gasteiger partial charge in [0.05, 0.1) is 6.04 Å². The van der Waals surface area contributed by atoms with Crippen molar-refractivity contribution in [2.75, 3.05) is 6.54 Å². The Labute approximate surface area is 42.9 Å². The molecule has 0 saturated carbocycles. The Bertz CT molecular complexity index is 66.5. The van der Waals surface area contributed by atoms with E-state index in [9.17, 15) is 4.79 Å². The van der Waals surface area contributed by atoms with Crippen LogP contribution in [0.1, 0.15) is 12.8 Å². The second kappa shape index (κ2) is 2.07. The molecule has 1 aliphatic heterocycles. The monoisotopic (exact) mass is 98.1 g/mol. The average molecular weight is 98.1 g/mol. The highest BCUT2D eigenvalue weighted by molar-refractivity contribution is 5.57. The molecular weight excluding hydrogens is 90.1 g/mol. The molecule has 0 N–H and O–H groups in total. The number of aldehydes is 1. The molecule has 1 atom stereocenters. The van der Waals surface area contributed by atoms with Crippen LogP contribution in [0.3, 0.4) is 0 Å². The van der Waals surface area contributed by atoms with E-state index in [2.05, 4.69) is 5.32 Å². The van der Waals surface area contributed by atoms with Crippen molar-refractivity contribution < 1.29 is 4.79 Å². The number of carbonyl (C=O) groups is 1. The summed E-state index contributed by atoms with van der Waals surface area (Å²) in [5, 5.41) is 3.99. The lowest BCUT2D eigenvalue weighted by Gasteiger charge is -1.91. The Hall–Kier alpha value is -0.370. The highest BCUT2D eigenvalue weighted by Gasteiger charge is 2.12. The Kier molecular flexibility index (Phi) is 1.42. The summed E-state index contributed by atoms with van der Waals surface area (Å²) in [6.45, 7) is 0.892. The van der Waals surface area contributed by atoms with Crippen molar-refractivity contribution in [3.8, 4) is 0 Å². The zero-order chi connectivity index (χ0) is 5.11. The number of rotatable bonds is 1. The molecule has 7 heavy (non-hydrogen) atoms. The van der Waals surface area contributed by atoms with Gasteiger partial charge in [-0.25, -0.2) is 5.32 Å². The van der Waals surface area contributed by atoms with Crippen molar-refractivity contribution in [1.29, 1.82) is 0 Å². The fraction of sp³-hybridized carbons (Fsp3) is 0.800. The summed E-state index contributed by atoms with van der Waals surface area (Å²) < 4.78 is 0. The third kappa shape index (κ3) is 0.996. The van der Waals surface area contributed by atoms with E-state index in [0.717, 1.165) is 25.7 Å². The van der Waals surface area contributed by atoms with Gasteiger partial charge in [0.2, 0.25) is 0 Å². The summed E-state index contributed by atoms with van der Waals surface area (Å²) in [7, 11) is 0. The largest absolute Gasteiger partial charge is 0.302 e. The minimum atomic E-state index is 0.0417. The van der Waals surface area contributed by atoms with Gasteiger partial charge in [-0.1, -0.05) is 0 Å². The first kappa shape index (κ1) is 4.78. The van der Waals surface area contributed by atoms with Gasteiger partial charge < -0.3 is 4.79 Å². The predicted octanol–water partition coefficient (Wildman–Crippen LogP) is -0.0479. The van der Waals surface area contributed by atoms with E-state index >= 15 is 0 Å². The van der Waals surface area contributed by atoms with Gasteiger partial charge in [0.1, 0.15) is 6.29 Å². The fourth-order valence-electron chi connectivity index (χ4n) is 0.760. The molecule has 0 amide bonds. The zero-order valence-corrected chi connectivity index (χ0v) is 4.13. The number of hydrogen-bond acceptors (Lipinski definition) is 1. The van der Waals surface area contributed by atoms with E-state index in [-0.39, 0.29) is 6.04 Å². The van der Waals surface area contributed by atoms with E-state index in [1.165, 1.54) is 0 Å². The highest BCUT2D eigenvalue weighted by Crippen LogP contribution is 2.02. The standard InChI is InChI=1S/C5H8NO/c7-4-5-2-1-3-6-5/h4-5H,1-3H2. The zero-order valence-electron chi connectivity index (χ0n) is 4.13. The van der Waals surface area contributed by atoms with Gasteiger partial charge in [0.15, 0.2) is 0 Å². The SMILES string of the molecule is O=CC1CCC[N]1. The van der Waals surface area contributed by atoms with Gasteiger partial charge in [0.25, 0.3) is 0 Å². The third-order valence-corrected chi connectivity index (χ3v) is 1.18. The molecule has 1 radical (unpaired) electrons. The van der Waals surface area contributed by atoms with Crippen LogP contribution in [0.2, 0.25) is 0 Å². The Morgan fingerprint density at radius 2 is 2.57 bits per heavy atom. The second-order valence-electron chi connectivity index (χ2n) is 1.75. The molecule has 0 aliphatic carbocycles. The summed E-state index contributed by atoms with van der Waals surface area (Å²) in [5.41, 5.74) is 0. The first-order chi connectivity index (χ1) is 3.43. The van der Waals surface area contributed by atoms with Gasteiger partial charge in [-0.05, 0) is 12.8 Å². The van der Waals surface area contributed by atoms with E-state index in [0.29, 0.717) is 0 Å². The van der Waals surface area contributed by atoms with Crippen molar-refractivity contribution in [2.24, 2.45) is 0 Å². The van der Waals surface area contributed by atoms with Crippen LogP contribution in [0.15, 0.2) is 0 Å². The fourth-order valence-corrected chi connectivity index (χ4v) is 0.760. The molecule has 0 aromatic heterocycles. The normalized spacial score (nSPS) is 30.6. The minimum absolute atomic E-state index is 0.0417. The van der Waals surface area contributed by atoms with Crippen LogP contribution in [0.4, 0.5) is 0 Å². The van der Waals surface area contributed by atoms with Crippen LogP contribution in [-0.4, -0.2) is 18.9 Å². The lowest BCUT2D eigenvalue weighted by molar-refractivity contribution is -0.109. The van der Waals surface area contributed by atoms with Crippen molar-refractivity contribution in [3.05, 3.63) is 0 Å². The van der Waals surface area contributed by atoms with Crippen LogP contribution in [0, 0.1) is 0 Å². The maximum atomic E-state index is 9.91. The summed E-state index contributed by atoms with van der Waals surface area (Å²) in [6, 6.07) is 0.0417. The van der Waals surface area contributed by atoms with Crippen molar-refractivity contribution in [3.63, 3.8) is 0 Å². The number of hydrogen-bond donors (Lipinski definition) is 0. The minimum Gasteiger partial charge on any atom is -0.302 e. The Balaban J connectivity index is 2.26. The molecule has 1 heterocycles. The molecule has 1 saturated heterocycles. The van der Waals surface area contributed by atoms with Crippen LogP contribution in [-0.2, 0) is 4.79 Å². The summed E-state index contributed by atoms with van der Waals surface area (Å²) in [6.07, 6.45) is 3.00.